The van der Waals surface area contributed by atoms with E-state index in [0.717, 1.165) is 12.8 Å². The third-order valence-corrected chi connectivity index (χ3v) is 5.25. The van der Waals surface area contributed by atoms with Gasteiger partial charge in [-0.25, -0.2) is 0 Å². The van der Waals surface area contributed by atoms with Gasteiger partial charge in [0.1, 0.15) is 5.76 Å². The van der Waals surface area contributed by atoms with Crippen molar-refractivity contribution in [2.45, 2.75) is 46.0 Å². The van der Waals surface area contributed by atoms with Gasteiger partial charge in [0.05, 0.1) is 17.9 Å². The minimum absolute atomic E-state index is 0.0145. The number of carbonyl (C=O) groups excluding carboxylic acids is 2. The highest BCUT2D eigenvalue weighted by Gasteiger charge is 2.36. The molecule has 0 atom stereocenters. The van der Waals surface area contributed by atoms with E-state index in [1.165, 1.54) is 6.21 Å². The number of aliphatic hydroxyl groups is 1. The molecule has 1 aromatic rings. The number of methoxy groups -OCH3 is 1. The molecule has 2 rings (SSSR count). The zero-order chi connectivity index (χ0) is 19.2. The fourth-order valence-electron chi connectivity index (χ4n) is 3.22. The van der Waals surface area contributed by atoms with E-state index in [-0.39, 0.29) is 22.7 Å². The topological polar surface area (TPSA) is 76.0 Å². The molecule has 140 valence electrons. The summed E-state index contributed by atoms with van der Waals surface area (Å²) in [6.07, 6.45) is 4.46. The van der Waals surface area contributed by atoms with Gasteiger partial charge in [-0.05, 0) is 42.5 Å². The first kappa shape index (κ1) is 20.0. The number of ether oxygens (including phenoxy) is 1. The van der Waals surface area contributed by atoms with Crippen molar-refractivity contribution in [3.8, 4) is 0 Å². The second kappa shape index (κ2) is 8.90. The summed E-state index contributed by atoms with van der Waals surface area (Å²) >= 11 is 0. The van der Waals surface area contributed by atoms with Crippen LogP contribution in [-0.4, -0.2) is 36.6 Å². The zero-order valence-corrected chi connectivity index (χ0v) is 15.7. The number of ketones is 2. The molecule has 0 spiro atoms. The summed E-state index contributed by atoms with van der Waals surface area (Å²) in [6, 6.07) is 6.87. The first-order valence-corrected chi connectivity index (χ1v) is 9.06. The Labute approximate surface area is 154 Å². The molecule has 0 aliphatic heterocycles. The monoisotopic (exact) mass is 357 g/mol. The number of nitrogens with zero attached hydrogens (tertiary/aromatic N) is 1. The van der Waals surface area contributed by atoms with E-state index in [4.69, 9.17) is 4.74 Å². The largest absolute Gasteiger partial charge is 0.511 e. The standard InChI is InChI=1S/C21H27NO4/c1-4-21(5-2)12-19(24)17(20(25)13-21)14-22-16-8-6-15(7-9-16)18(23)10-11-26-3/h6-9,14,24H,4-5,10-13H2,1-3H3. The molecule has 0 saturated heterocycles. The average molecular weight is 357 g/mol. The lowest BCUT2D eigenvalue weighted by Gasteiger charge is -2.34. The number of carbonyl (C=O) groups is 2. The maximum Gasteiger partial charge on any atom is 0.168 e. The van der Waals surface area contributed by atoms with Gasteiger partial charge >= 0.3 is 0 Å². The Hall–Kier alpha value is -2.27. The predicted molar refractivity (Wildman–Crippen MR) is 102 cm³/mol. The molecule has 5 nitrogen and oxygen atoms in total. The molecule has 1 aromatic carbocycles. The molecule has 0 radical (unpaired) electrons. The number of Topliss-reactive ketones (excluding diaryl/α,β-unsaturated/α-hetero) is 2. The number of allylic oxidation sites excluding steroid dienone is 2. The summed E-state index contributed by atoms with van der Waals surface area (Å²) in [4.78, 5) is 28.7. The van der Waals surface area contributed by atoms with Crippen molar-refractivity contribution < 1.29 is 19.4 Å². The minimum Gasteiger partial charge on any atom is -0.511 e. The van der Waals surface area contributed by atoms with E-state index in [1.54, 1.807) is 31.4 Å². The number of rotatable bonds is 8. The molecule has 1 aliphatic carbocycles. The quantitative estimate of drug-likeness (QED) is 0.545. The van der Waals surface area contributed by atoms with Gasteiger partial charge in [-0.1, -0.05) is 13.8 Å². The van der Waals surface area contributed by atoms with Crippen LogP contribution in [0.5, 0.6) is 0 Å². The number of hydrogen-bond donors (Lipinski definition) is 1. The number of hydrogen-bond acceptors (Lipinski definition) is 5. The van der Waals surface area contributed by atoms with Gasteiger partial charge in [0, 0.05) is 38.2 Å². The van der Waals surface area contributed by atoms with Crippen LogP contribution in [0.1, 0.15) is 56.3 Å². The lowest BCUT2D eigenvalue weighted by Crippen LogP contribution is -2.30. The fourth-order valence-corrected chi connectivity index (χ4v) is 3.22. The molecule has 0 saturated carbocycles. The summed E-state index contributed by atoms with van der Waals surface area (Å²) in [5.74, 6) is 0.0771. The first-order chi connectivity index (χ1) is 12.4. The third kappa shape index (κ3) is 4.67. The van der Waals surface area contributed by atoms with Crippen molar-refractivity contribution >= 4 is 23.5 Å². The summed E-state index contributed by atoms with van der Waals surface area (Å²) in [7, 11) is 1.56. The molecule has 1 N–H and O–H groups in total. The lowest BCUT2D eigenvalue weighted by molar-refractivity contribution is -0.118. The maximum absolute atomic E-state index is 12.4. The van der Waals surface area contributed by atoms with Gasteiger partial charge in [0.2, 0.25) is 0 Å². The van der Waals surface area contributed by atoms with E-state index < -0.39 is 0 Å². The van der Waals surface area contributed by atoms with Crippen LogP contribution < -0.4 is 0 Å². The second-order valence-electron chi connectivity index (χ2n) is 6.82. The van der Waals surface area contributed by atoms with Gasteiger partial charge in [0.15, 0.2) is 11.6 Å². The first-order valence-electron chi connectivity index (χ1n) is 9.06. The van der Waals surface area contributed by atoms with Crippen LogP contribution in [0.25, 0.3) is 0 Å². The normalized spacial score (nSPS) is 17.1. The van der Waals surface area contributed by atoms with E-state index in [1.807, 2.05) is 0 Å². The smallest absolute Gasteiger partial charge is 0.168 e. The molecule has 0 aromatic heterocycles. The van der Waals surface area contributed by atoms with Gasteiger partial charge in [0.25, 0.3) is 0 Å². The highest BCUT2D eigenvalue weighted by Crippen LogP contribution is 2.41. The summed E-state index contributed by atoms with van der Waals surface area (Å²) in [6.45, 7) is 4.50. The highest BCUT2D eigenvalue weighted by molar-refractivity contribution is 6.15. The number of aliphatic imine (C=N–C) groups is 1. The Morgan fingerprint density at radius 2 is 1.88 bits per heavy atom. The minimum atomic E-state index is -0.136. The fraction of sp³-hybridized carbons (Fsp3) is 0.476. The average Bonchev–Trinajstić information content (AvgIpc) is 2.65. The predicted octanol–water partition coefficient (Wildman–Crippen LogP) is 4.59. The molecule has 0 fully saturated rings. The molecular formula is C21H27NO4. The molecule has 1 aliphatic rings. The van der Waals surface area contributed by atoms with Gasteiger partial charge in [-0.2, -0.15) is 0 Å². The lowest BCUT2D eigenvalue weighted by atomic mass is 9.70. The summed E-state index contributed by atoms with van der Waals surface area (Å²) < 4.78 is 4.91. The Morgan fingerprint density at radius 3 is 2.42 bits per heavy atom. The van der Waals surface area contributed by atoms with Crippen LogP contribution in [0.3, 0.4) is 0 Å². The van der Waals surface area contributed by atoms with E-state index in [0.29, 0.717) is 42.7 Å². The summed E-state index contributed by atoms with van der Waals surface area (Å²) in [5, 5.41) is 10.3. The highest BCUT2D eigenvalue weighted by atomic mass is 16.5. The van der Waals surface area contributed by atoms with E-state index in [2.05, 4.69) is 18.8 Å². The van der Waals surface area contributed by atoms with Gasteiger partial charge in [-0.3, -0.25) is 14.6 Å². The maximum atomic E-state index is 12.4. The Morgan fingerprint density at radius 1 is 1.23 bits per heavy atom. The van der Waals surface area contributed by atoms with Crippen LogP contribution in [0.4, 0.5) is 5.69 Å². The van der Waals surface area contributed by atoms with Crippen LogP contribution in [-0.2, 0) is 9.53 Å². The van der Waals surface area contributed by atoms with Gasteiger partial charge in [-0.15, -0.1) is 0 Å². The summed E-state index contributed by atoms with van der Waals surface area (Å²) in [5.41, 5.74) is 1.39. The van der Waals surface area contributed by atoms with E-state index in [9.17, 15) is 14.7 Å². The van der Waals surface area contributed by atoms with Crippen LogP contribution >= 0.6 is 0 Å². The molecule has 5 heteroatoms. The second-order valence-corrected chi connectivity index (χ2v) is 6.82. The van der Waals surface area contributed by atoms with Crippen LogP contribution in [0.15, 0.2) is 40.6 Å². The number of aliphatic hydroxyl groups excluding tert-OH is 1. The van der Waals surface area contributed by atoms with Crippen LogP contribution in [0.2, 0.25) is 0 Å². The molecule has 26 heavy (non-hydrogen) atoms. The molecule has 0 unspecified atom stereocenters. The SMILES string of the molecule is CCC1(CC)CC(=O)C(C=Nc2ccc(C(=O)CCOC)cc2)=C(O)C1. The van der Waals surface area contributed by atoms with Crippen LogP contribution in [0, 0.1) is 5.41 Å². The molecular weight excluding hydrogens is 330 g/mol. The Kier molecular flexibility index (Phi) is 6.86. The van der Waals surface area contributed by atoms with Crippen molar-refractivity contribution in [3.63, 3.8) is 0 Å². The van der Waals surface area contributed by atoms with Gasteiger partial charge < -0.3 is 9.84 Å². The van der Waals surface area contributed by atoms with Crippen molar-refractivity contribution in [2.24, 2.45) is 10.4 Å². The molecule has 0 bridgehead atoms. The van der Waals surface area contributed by atoms with Crippen molar-refractivity contribution in [1.82, 2.24) is 0 Å². The zero-order valence-electron chi connectivity index (χ0n) is 15.7. The molecule has 0 heterocycles. The van der Waals surface area contributed by atoms with Crippen molar-refractivity contribution in [2.75, 3.05) is 13.7 Å². The Balaban J connectivity index is 2.12. The van der Waals surface area contributed by atoms with E-state index >= 15 is 0 Å². The van der Waals surface area contributed by atoms with Crippen molar-refractivity contribution in [1.29, 1.82) is 0 Å². The molecule has 0 amide bonds. The Bertz CT molecular complexity index is 712. The third-order valence-electron chi connectivity index (χ3n) is 5.25. The van der Waals surface area contributed by atoms with Crippen molar-refractivity contribution in [3.05, 3.63) is 41.2 Å². The number of benzene rings is 1.